The Bertz CT molecular complexity index is 244. The van der Waals surface area contributed by atoms with Gasteiger partial charge in [0.2, 0.25) is 0 Å². The van der Waals surface area contributed by atoms with Gasteiger partial charge in [0.15, 0.2) is 5.96 Å². The van der Waals surface area contributed by atoms with E-state index in [2.05, 4.69) is 20.4 Å². The van der Waals surface area contributed by atoms with Crippen LogP contribution in [-0.2, 0) is 14.3 Å². The molecule has 0 aromatic rings. The lowest BCUT2D eigenvalue weighted by Crippen LogP contribution is -2.44. The Balaban J connectivity index is 4.10. The Kier molecular flexibility index (Phi) is 9.14. The summed E-state index contributed by atoms with van der Waals surface area (Å²) < 4.78 is 9.57. The fourth-order valence-corrected chi connectivity index (χ4v) is 1.21. The van der Waals surface area contributed by atoms with E-state index in [0.717, 1.165) is 6.54 Å². The van der Waals surface area contributed by atoms with E-state index < -0.39 is 0 Å². The molecule has 0 heterocycles. The summed E-state index contributed by atoms with van der Waals surface area (Å²) in [5.74, 6) is 0.426. The average molecular weight is 245 g/mol. The molecule has 1 atom stereocenters. The van der Waals surface area contributed by atoms with Crippen LogP contribution < -0.4 is 10.6 Å². The van der Waals surface area contributed by atoms with Crippen LogP contribution in [0.4, 0.5) is 0 Å². The molecule has 0 aliphatic carbocycles. The molecule has 100 valence electrons. The lowest BCUT2D eigenvalue weighted by Gasteiger charge is -2.16. The van der Waals surface area contributed by atoms with Crippen molar-refractivity contribution < 1.29 is 14.3 Å². The second-order valence-corrected chi connectivity index (χ2v) is 3.59. The first-order chi connectivity index (χ1) is 8.13. The summed E-state index contributed by atoms with van der Waals surface area (Å²) in [5, 5.41) is 6.27. The van der Waals surface area contributed by atoms with E-state index in [1.54, 1.807) is 7.11 Å². The smallest absolute Gasteiger partial charge is 0.307 e. The van der Waals surface area contributed by atoms with E-state index in [4.69, 9.17) is 4.74 Å². The third-order valence-corrected chi connectivity index (χ3v) is 1.96. The lowest BCUT2D eigenvalue weighted by atomic mass is 10.4. The molecule has 1 unspecified atom stereocenters. The van der Waals surface area contributed by atoms with Crippen molar-refractivity contribution in [3.05, 3.63) is 0 Å². The normalized spacial score (nSPS) is 13.1. The van der Waals surface area contributed by atoms with Crippen molar-refractivity contribution in [2.45, 2.75) is 26.3 Å². The van der Waals surface area contributed by atoms with Gasteiger partial charge in [-0.3, -0.25) is 9.79 Å². The molecule has 0 aliphatic rings. The topological polar surface area (TPSA) is 72.0 Å². The first-order valence-corrected chi connectivity index (χ1v) is 5.74. The van der Waals surface area contributed by atoms with E-state index in [1.165, 1.54) is 7.11 Å². The second-order valence-electron chi connectivity index (χ2n) is 3.59. The molecule has 0 rings (SSSR count). The molecule has 2 N–H and O–H groups in total. The van der Waals surface area contributed by atoms with Crippen LogP contribution in [0.5, 0.6) is 0 Å². The SMILES string of the molecule is CCNC(=NCCC(=O)OC)NC(C)COC. The Morgan fingerprint density at radius 1 is 1.41 bits per heavy atom. The van der Waals surface area contributed by atoms with Crippen LogP contribution in [0, 0.1) is 0 Å². The Morgan fingerprint density at radius 2 is 2.12 bits per heavy atom. The average Bonchev–Trinajstić information content (AvgIpc) is 2.29. The number of methoxy groups -OCH3 is 2. The molecule has 0 spiro atoms. The molecule has 0 fully saturated rings. The first-order valence-electron chi connectivity index (χ1n) is 5.74. The monoisotopic (exact) mass is 245 g/mol. The van der Waals surface area contributed by atoms with Crippen molar-refractivity contribution in [3.63, 3.8) is 0 Å². The number of hydrogen-bond acceptors (Lipinski definition) is 4. The van der Waals surface area contributed by atoms with Crippen LogP contribution >= 0.6 is 0 Å². The van der Waals surface area contributed by atoms with Crippen LogP contribution in [0.3, 0.4) is 0 Å². The highest BCUT2D eigenvalue weighted by atomic mass is 16.5. The van der Waals surface area contributed by atoms with Gasteiger partial charge in [0, 0.05) is 19.7 Å². The van der Waals surface area contributed by atoms with Crippen molar-refractivity contribution in [1.82, 2.24) is 10.6 Å². The molecular formula is C11H23N3O3. The van der Waals surface area contributed by atoms with Gasteiger partial charge in [0.05, 0.1) is 26.7 Å². The second kappa shape index (κ2) is 9.89. The summed E-state index contributed by atoms with van der Waals surface area (Å²) in [5.41, 5.74) is 0. The minimum atomic E-state index is -0.255. The predicted molar refractivity (Wildman–Crippen MR) is 67.1 cm³/mol. The number of guanidine groups is 1. The number of hydrogen-bond donors (Lipinski definition) is 2. The molecule has 0 bridgehead atoms. The van der Waals surface area contributed by atoms with E-state index >= 15 is 0 Å². The number of rotatable bonds is 7. The Labute approximate surface area is 103 Å². The van der Waals surface area contributed by atoms with Crippen molar-refractivity contribution in [3.8, 4) is 0 Å². The highest BCUT2D eigenvalue weighted by Gasteiger charge is 2.04. The minimum absolute atomic E-state index is 0.163. The van der Waals surface area contributed by atoms with Crippen molar-refractivity contribution in [2.24, 2.45) is 4.99 Å². The van der Waals surface area contributed by atoms with E-state index in [-0.39, 0.29) is 18.4 Å². The summed E-state index contributed by atoms with van der Waals surface area (Å²) in [6.07, 6.45) is 0.283. The maximum absolute atomic E-state index is 10.9. The third kappa shape index (κ3) is 8.50. The number of nitrogens with zero attached hydrogens (tertiary/aromatic N) is 1. The Morgan fingerprint density at radius 3 is 2.65 bits per heavy atom. The number of nitrogens with one attached hydrogen (secondary N) is 2. The molecule has 0 saturated carbocycles. The summed E-state index contributed by atoms with van der Waals surface area (Å²) >= 11 is 0. The van der Waals surface area contributed by atoms with E-state index in [0.29, 0.717) is 19.1 Å². The third-order valence-electron chi connectivity index (χ3n) is 1.96. The van der Waals surface area contributed by atoms with Crippen molar-refractivity contribution in [2.75, 3.05) is 33.9 Å². The van der Waals surface area contributed by atoms with Crippen LogP contribution in [0.1, 0.15) is 20.3 Å². The summed E-state index contributed by atoms with van der Waals surface area (Å²) in [4.78, 5) is 15.2. The molecule has 17 heavy (non-hydrogen) atoms. The fourth-order valence-electron chi connectivity index (χ4n) is 1.21. The van der Waals surface area contributed by atoms with Gasteiger partial charge in [0.25, 0.3) is 0 Å². The zero-order chi connectivity index (χ0) is 13.1. The predicted octanol–water partition coefficient (Wildman–Crippen LogP) is 0.140. The first kappa shape index (κ1) is 15.7. The fraction of sp³-hybridized carbons (Fsp3) is 0.818. The van der Waals surface area contributed by atoms with Crippen molar-refractivity contribution in [1.29, 1.82) is 0 Å². The number of carbonyl (C=O) groups excluding carboxylic acids is 1. The highest BCUT2D eigenvalue weighted by Crippen LogP contribution is 1.87. The number of esters is 1. The van der Waals surface area contributed by atoms with Gasteiger partial charge in [-0.15, -0.1) is 0 Å². The summed E-state index contributed by atoms with van der Waals surface area (Å²) in [6.45, 7) is 5.75. The quantitative estimate of drug-likeness (QED) is 0.379. The summed E-state index contributed by atoms with van der Waals surface area (Å²) in [6, 6.07) is 0.163. The minimum Gasteiger partial charge on any atom is -0.469 e. The molecule has 0 amide bonds. The van der Waals surface area contributed by atoms with Crippen LogP contribution in [0.2, 0.25) is 0 Å². The Hall–Kier alpha value is -1.30. The number of carbonyl (C=O) groups is 1. The van der Waals surface area contributed by atoms with Crippen molar-refractivity contribution >= 4 is 11.9 Å². The van der Waals surface area contributed by atoms with Gasteiger partial charge >= 0.3 is 5.97 Å². The summed E-state index contributed by atoms with van der Waals surface area (Å²) in [7, 11) is 3.02. The molecule has 0 aliphatic heterocycles. The van der Waals surface area contributed by atoms with Gasteiger partial charge in [0.1, 0.15) is 0 Å². The number of ether oxygens (including phenoxy) is 2. The molecule has 6 heteroatoms. The van der Waals surface area contributed by atoms with Crippen LogP contribution in [0.15, 0.2) is 4.99 Å². The number of aliphatic imine (C=N–C) groups is 1. The standard InChI is InChI=1S/C11H23N3O3/c1-5-12-11(14-9(2)8-16-3)13-7-6-10(15)17-4/h9H,5-8H2,1-4H3,(H2,12,13,14). The zero-order valence-electron chi connectivity index (χ0n) is 11.1. The van der Waals surface area contributed by atoms with Gasteiger partial charge in [-0.1, -0.05) is 0 Å². The van der Waals surface area contributed by atoms with Gasteiger partial charge in [-0.05, 0) is 13.8 Å². The van der Waals surface area contributed by atoms with Gasteiger partial charge in [-0.25, -0.2) is 0 Å². The molecule has 0 saturated heterocycles. The lowest BCUT2D eigenvalue weighted by molar-refractivity contribution is -0.140. The van der Waals surface area contributed by atoms with Gasteiger partial charge < -0.3 is 20.1 Å². The maximum Gasteiger partial charge on any atom is 0.307 e. The van der Waals surface area contributed by atoms with Crippen LogP contribution in [-0.4, -0.2) is 51.9 Å². The van der Waals surface area contributed by atoms with Crippen LogP contribution in [0.25, 0.3) is 0 Å². The molecule has 6 nitrogen and oxygen atoms in total. The molecule has 0 radical (unpaired) electrons. The maximum atomic E-state index is 10.9. The van der Waals surface area contributed by atoms with E-state index in [1.807, 2.05) is 13.8 Å². The van der Waals surface area contributed by atoms with E-state index in [9.17, 15) is 4.79 Å². The zero-order valence-corrected chi connectivity index (χ0v) is 11.1. The van der Waals surface area contributed by atoms with Gasteiger partial charge in [-0.2, -0.15) is 0 Å². The molecule has 0 aromatic heterocycles. The molecular weight excluding hydrogens is 222 g/mol. The largest absolute Gasteiger partial charge is 0.469 e. The molecule has 0 aromatic carbocycles. The highest BCUT2D eigenvalue weighted by molar-refractivity contribution is 5.80.